The first kappa shape index (κ1) is 22.0. The molecule has 1 N–H and O–H groups in total. The fourth-order valence-electron chi connectivity index (χ4n) is 3.28. The molecule has 2 aliphatic heterocycles. The second-order valence-corrected chi connectivity index (χ2v) is 9.06. The van der Waals surface area contributed by atoms with Crippen molar-refractivity contribution in [2.75, 3.05) is 39.8 Å². The van der Waals surface area contributed by atoms with Crippen LogP contribution < -0.4 is 5.43 Å². The molecule has 1 aromatic rings. The number of hydrazine groups is 1. The highest BCUT2D eigenvalue weighted by atomic mass is 32.2. The first-order chi connectivity index (χ1) is 14.0. The van der Waals surface area contributed by atoms with Gasteiger partial charge in [-0.2, -0.15) is 0 Å². The summed E-state index contributed by atoms with van der Waals surface area (Å²) in [4.78, 5) is 29.3. The van der Waals surface area contributed by atoms with E-state index in [0.29, 0.717) is 22.2 Å². The number of nitrogens with zero attached hydrogens (tertiary/aromatic N) is 3. The second-order valence-electron chi connectivity index (χ2n) is 7.38. The molecule has 2 fully saturated rings. The highest BCUT2D eigenvalue weighted by Gasteiger charge is 2.31. The van der Waals surface area contributed by atoms with Crippen LogP contribution in [0.25, 0.3) is 6.08 Å². The third-order valence-corrected chi connectivity index (χ3v) is 6.42. The molecule has 0 radical (unpaired) electrons. The van der Waals surface area contributed by atoms with Crippen molar-refractivity contribution in [3.05, 3.63) is 40.8 Å². The summed E-state index contributed by atoms with van der Waals surface area (Å²) in [7, 11) is 2.09. The third-order valence-electron chi connectivity index (χ3n) is 5.04. The van der Waals surface area contributed by atoms with E-state index in [0.717, 1.165) is 51.0 Å². The molecule has 3 rings (SSSR count). The number of amides is 2. The van der Waals surface area contributed by atoms with Crippen molar-refractivity contribution in [3.63, 3.8) is 0 Å². The average molecular weight is 433 g/mol. The molecule has 0 saturated carbocycles. The minimum absolute atomic E-state index is 0.0170. The van der Waals surface area contributed by atoms with Gasteiger partial charge in [0, 0.05) is 39.1 Å². The molecule has 2 saturated heterocycles. The monoisotopic (exact) mass is 432 g/mol. The van der Waals surface area contributed by atoms with Crippen molar-refractivity contribution in [2.24, 2.45) is 0 Å². The smallest absolute Gasteiger partial charge is 0.266 e. The first-order valence-corrected chi connectivity index (χ1v) is 11.3. The SMILES string of the molecule is CN1CCN(NC(=O)CCCCCN2C(=O)C(=Cc3ccccc3)SC2=S)CC1. The fraction of sp³-hybridized carbons (Fsp3) is 0.476. The Labute approximate surface area is 182 Å². The Bertz CT molecular complexity index is 761. The van der Waals surface area contributed by atoms with E-state index in [4.69, 9.17) is 12.2 Å². The predicted octanol–water partition coefficient (Wildman–Crippen LogP) is 2.73. The maximum atomic E-state index is 12.6. The molecule has 0 spiro atoms. The first-order valence-electron chi connectivity index (χ1n) is 10.1. The molecule has 8 heteroatoms. The summed E-state index contributed by atoms with van der Waals surface area (Å²) in [5.74, 6) is 0.0580. The van der Waals surface area contributed by atoms with Gasteiger partial charge in [-0.1, -0.05) is 60.7 Å². The highest BCUT2D eigenvalue weighted by molar-refractivity contribution is 8.26. The van der Waals surface area contributed by atoms with Gasteiger partial charge in [0.2, 0.25) is 5.91 Å². The molecule has 29 heavy (non-hydrogen) atoms. The number of likely N-dealkylation sites (N-methyl/N-ethyl adjacent to an activating group) is 1. The van der Waals surface area contributed by atoms with Gasteiger partial charge in [0.1, 0.15) is 4.32 Å². The van der Waals surface area contributed by atoms with Gasteiger partial charge in [-0.05, 0) is 31.5 Å². The van der Waals surface area contributed by atoms with E-state index < -0.39 is 0 Å². The minimum atomic E-state index is -0.0170. The zero-order valence-electron chi connectivity index (χ0n) is 16.8. The van der Waals surface area contributed by atoms with Crippen molar-refractivity contribution in [1.82, 2.24) is 20.2 Å². The van der Waals surface area contributed by atoms with Gasteiger partial charge < -0.3 is 4.90 Å². The molecule has 2 aliphatic rings. The zero-order valence-corrected chi connectivity index (χ0v) is 18.4. The Morgan fingerprint density at radius 1 is 1.14 bits per heavy atom. The van der Waals surface area contributed by atoms with Crippen LogP contribution >= 0.6 is 24.0 Å². The number of carbonyl (C=O) groups is 2. The molecule has 2 heterocycles. The van der Waals surface area contributed by atoms with Crippen LogP contribution in [0.1, 0.15) is 31.2 Å². The standard InChI is InChI=1S/C21H28N4O2S2/c1-23-12-14-24(15-13-23)22-19(26)10-6-3-7-11-25-20(27)18(29-21(25)28)16-17-8-4-2-5-9-17/h2,4-5,8-9,16H,3,6-7,10-15H2,1H3,(H,22,26). The van der Waals surface area contributed by atoms with E-state index in [1.54, 1.807) is 4.90 Å². The summed E-state index contributed by atoms with van der Waals surface area (Å²) in [6, 6.07) is 9.80. The summed E-state index contributed by atoms with van der Waals surface area (Å²) < 4.78 is 0.616. The molecule has 6 nitrogen and oxygen atoms in total. The van der Waals surface area contributed by atoms with Gasteiger partial charge in [-0.3, -0.25) is 19.9 Å². The maximum absolute atomic E-state index is 12.6. The molecule has 0 aromatic heterocycles. The minimum Gasteiger partial charge on any atom is -0.304 e. The molecular weight excluding hydrogens is 404 g/mol. The molecule has 0 atom stereocenters. The van der Waals surface area contributed by atoms with Crippen molar-refractivity contribution in [1.29, 1.82) is 0 Å². The lowest BCUT2D eigenvalue weighted by Crippen LogP contribution is -2.52. The van der Waals surface area contributed by atoms with Gasteiger partial charge in [0.05, 0.1) is 4.91 Å². The molecule has 156 valence electrons. The molecular formula is C21H28N4O2S2. The van der Waals surface area contributed by atoms with Crippen molar-refractivity contribution >= 4 is 46.2 Å². The van der Waals surface area contributed by atoms with Gasteiger partial charge >= 0.3 is 0 Å². The highest BCUT2D eigenvalue weighted by Crippen LogP contribution is 2.32. The van der Waals surface area contributed by atoms with E-state index in [1.807, 2.05) is 41.4 Å². The van der Waals surface area contributed by atoms with E-state index >= 15 is 0 Å². The summed E-state index contributed by atoms with van der Waals surface area (Å²) in [6.45, 7) is 4.29. The van der Waals surface area contributed by atoms with E-state index in [2.05, 4.69) is 17.4 Å². The van der Waals surface area contributed by atoms with Gasteiger partial charge in [0.25, 0.3) is 5.91 Å². The number of unbranched alkanes of at least 4 members (excludes halogenated alkanes) is 2. The largest absolute Gasteiger partial charge is 0.304 e. The molecule has 0 aliphatic carbocycles. The summed E-state index contributed by atoms with van der Waals surface area (Å²) >= 11 is 6.74. The number of carbonyl (C=O) groups excluding carboxylic acids is 2. The van der Waals surface area contributed by atoms with Crippen LogP contribution in [-0.4, -0.2) is 70.7 Å². The lowest BCUT2D eigenvalue weighted by atomic mass is 10.2. The zero-order chi connectivity index (χ0) is 20.6. The number of hydrogen-bond donors (Lipinski definition) is 1. The van der Waals surface area contributed by atoms with Gasteiger partial charge in [-0.15, -0.1) is 0 Å². The van der Waals surface area contributed by atoms with Crippen molar-refractivity contribution < 1.29 is 9.59 Å². The molecule has 1 aromatic carbocycles. The lowest BCUT2D eigenvalue weighted by Gasteiger charge is -2.32. The number of benzene rings is 1. The van der Waals surface area contributed by atoms with Crippen LogP contribution in [-0.2, 0) is 9.59 Å². The second kappa shape index (κ2) is 10.9. The summed E-state index contributed by atoms with van der Waals surface area (Å²) in [6.07, 6.45) is 4.95. The number of piperazine rings is 1. The lowest BCUT2D eigenvalue weighted by molar-refractivity contribution is -0.127. The quantitative estimate of drug-likeness (QED) is 0.387. The normalized spacial score (nSPS) is 19.9. The van der Waals surface area contributed by atoms with E-state index in [1.165, 1.54) is 11.8 Å². The molecule has 2 amide bonds. The number of rotatable bonds is 8. The van der Waals surface area contributed by atoms with E-state index in [9.17, 15) is 9.59 Å². The Morgan fingerprint density at radius 2 is 1.86 bits per heavy atom. The molecule has 0 bridgehead atoms. The number of nitrogens with one attached hydrogen (secondary N) is 1. The Kier molecular flexibility index (Phi) is 8.23. The van der Waals surface area contributed by atoms with Gasteiger partial charge in [-0.25, -0.2) is 5.01 Å². The van der Waals surface area contributed by atoms with Crippen LogP contribution in [0.4, 0.5) is 0 Å². The average Bonchev–Trinajstić information content (AvgIpc) is 2.97. The van der Waals surface area contributed by atoms with Crippen molar-refractivity contribution in [2.45, 2.75) is 25.7 Å². The van der Waals surface area contributed by atoms with Crippen LogP contribution in [0.5, 0.6) is 0 Å². The van der Waals surface area contributed by atoms with Crippen molar-refractivity contribution in [3.8, 4) is 0 Å². The van der Waals surface area contributed by atoms with Gasteiger partial charge in [0.15, 0.2) is 0 Å². The number of thioether (sulfide) groups is 1. The van der Waals surface area contributed by atoms with Crippen LogP contribution in [0.2, 0.25) is 0 Å². The summed E-state index contributed by atoms with van der Waals surface area (Å²) in [5, 5.41) is 2.00. The topological polar surface area (TPSA) is 55.9 Å². The maximum Gasteiger partial charge on any atom is 0.266 e. The fourth-order valence-corrected chi connectivity index (χ4v) is 4.58. The Balaban J connectivity index is 1.35. The third kappa shape index (κ3) is 6.64. The van der Waals surface area contributed by atoms with E-state index in [-0.39, 0.29) is 11.8 Å². The van der Waals surface area contributed by atoms with Crippen LogP contribution in [0, 0.1) is 0 Å². The number of hydrogen-bond acceptors (Lipinski definition) is 6. The number of thiocarbonyl (C=S) groups is 1. The molecule has 0 unspecified atom stereocenters. The predicted molar refractivity (Wildman–Crippen MR) is 122 cm³/mol. The Morgan fingerprint density at radius 3 is 2.59 bits per heavy atom. The van der Waals surface area contributed by atoms with Crippen LogP contribution in [0.15, 0.2) is 35.2 Å². The Hall–Kier alpha value is -1.74. The van der Waals surface area contributed by atoms with Crippen LogP contribution in [0.3, 0.4) is 0 Å². The summed E-state index contributed by atoms with van der Waals surface area (Å²) in [5.41, 5.74) is 3.99.